The van der Waals surface area contributed by atoms with Crippen molar-refractivity contribution in [2.75, 3.05) is 6.61 Å². The number of rotatable bonds is 5. The van der Waals surface area contributed by atoms with Crippen LogP contribution < -0.4 is 0 Å². The maximum absolute atomic E-state index is 11.4. The van der Waals surface area contributed by atoms with Crippen LogP contribution in [0, 0.1) is 5.41 Å². The van der Waals surface area contributed by atoms with Crippen molar-refractivity contribution in [3.05, 3.63) is 0 Å². The molecule has 0 aromatic carbocycles. The molecule has 0 aliphatic heterocycles. The van der Waals surface area contributed by atoms with Gasteiger partial charge in [-0.1, -0.05) is 0 Å². The first-order valence-electron chi connectivity index (χ1n) is 4.32. The van der Waals surface area contributed by atoms with Crippen LogP contribution in [0.3, 0.4) is 0 Å². The Morgan fingerprint density at radius 1 is 1.50 bits per heavy atom. The zero-order valence-corrected chi connectivity index (χ0v) is 10.6. The molecule has 72 valence electrons. The summed E-state index contributed by atoms with van der Waals surface area (Å²) < 4.78 is 6.03. The van der Waals surface area contributed by atoms with Crippen LogP contribution in [0.4, 0.5) is 0 Å². The van der Waals surface area contributed by atoms with Crippen LogP contribution in [0.1, 0.15) is 33.6 Å². The SMILES string of the molecule is CCCC(C)(C)C(=O)OCC[TeH]. The van der Waals surface area contributed by atoms with Gasteiger partial charge in [0.25, 0.3) is 0 Å². The van der Waals surface area contributed by atoms with Crippen molar-refractivity contribution in [1.82, 2.24) is 0 Å². The van der Waals surface area contributed by atoms with Gasteiger partial charge in [-0.3, -0.25) is 0 Å². The fraction of sp³-hybridized carbons (Fsp3) is 0.889. The van der Waals surface area contributed by atoms with Gasteiger partial charge in [-0.05, 0) is 0 Å². The average Bonchev–Trinajstić information content (AvgIpc) is 2.00. The second kappa shape index (κ2) is 5.83. The molecule has 0 bridgehead atoms. The third-order valence-electron chi connectivity index (χ3n) is 1.75. The summed E-state index contributed by atoms with van der Waals surface area (Å²) in [4.78, 5) is 11.4. The summed E-state index contributed by atoms with van der Waals surface area (Å²) in [5.74, 6) is -0.0557. The fourth-order valence-corrected chi connectivity index (χ4v) is 1.32. The molecule has 0 N–H and O–H groups in total. The molecule has 0 aliphatic carbocycles. The van der Waals surface area contributed by atoms with Crippen LogP contribution in [-0.4, -0.2) is 34.9 Å². The van der Waals surface area contributed by atoms with Crippen LogP contribution in [0.2, 0.25) is 4.47 Å². The Morgan fingerprint density at radius 2 is 2.08 bits per heavy atom. The Labute approximate surface area is 88.0 Å². The molecular weight excluding hydrogens is 268 g/mol. The minimum atomic E-state index is -0.296. The van der Waals surface area contributed by atoms with E-state index in [0.29, 0.717) is 6.61 Å². The Morgan fingerprint density at radius 3 is 2.50 bits per heavy atom. The zero-order chi connectivity index (χ0) is 9.61. The molecule has 0 spiro atoms. The third-order valence-corrected chi connectivity index (χ3v) is 2.27. The quantitative estimate of drug-likeness (QED) is 0.567. The molecule has 2 nitrogen and oxygen atoms in total. The van der Waals surface area contributed by atoms with Gasteiger partial charge in [0.1, 0.15) is 0 Å². The first-order valence-corrected chi connectivity index (χ1v) is 6.13. The number of carbonyl (C=O) groups is 1. The van der Waals surface area contributed by atoms with E-state index in [1.165, 1.54) is 0 Å². The predicted molar refractivity (Wildman–Crippen MR) is 51.6 cm³/mol. The summed E-state index contributed by atoms with van der Waals surface area (Å²) >= 11 is 1.68. The van der Waals surface area contributed by atoms with Crippen LogP contribution >= 0.6 is 0 Å². The van der Waals surface area contributed by atoms with Gasteiger partial charge < -0.3 is 0 Å². The van der Waals surface area contributed by atoms with E-state index in [9.17, 15) is 4.79 Å². The normalized spacial score (nSPS) is 11.3. The predicted octanol–water partition coefficient (Wildman–Crippen LogP) is 1.68. The summed E-state index contributed by atoms with van der Waals surface area (Å²) in [6.45, 7) is 6.54. The molecule has 0 rings (SSSR count). The van der Waals surface area contributed by atoms with Crippen molar-refractivity contribution in [1.29, 1.82) is 0 Å². The molecule has 0 heterocycles. The first kappa shape index (κ1) is 12.3. The van der Waals surface area contributed by atoms with Gasteiger partial charge >= 0.3 is 87.9 Å². The Bertz CT molecular complexity index is 143. The molecule has 0 saturated heterocycles. The maximum atomic E-state index is 11.4. The summed E-state index contributed by atoms with van der Waals surface area (Å²) in [5.41, 5.74) is -0.296. The first-order chi connectivity index (χ1) is 5.54. The number of ether oxygens (including phenoxy) is 1. The molecule has 0 aromatic heterocycles. The van der Waals surface area contributed by atoms with Crippen LogP contribution in [0.5, 0.6) is 0 Å². The van der Waals surface area contributed by atoms with E-state index in [-0.39, 0.29) is 11.4 Å². The molecule has 0 saturated carbocycles. The molecule has 0 fully saturated rings. The van der Waals surface area contributed by atoms with Crippen LogP contribution in [0.25, 0.3) is 0 Å². The Kier molecular flexibility index (Phi) is 5.95. The van der Waals surface area contributed by atoms with Crippen LogP contribution in [-0.2, 0) is 9.53 Å². The van der Waals surface area contributed by atoms with E-state index >= 15 is 0 Å². The van der Waals surface area contributed by atoms with E-state index in [2.05, 4.69) is 6.92 Å². The molecular formula is C9H18O2Te. The van der Waals surface area contributed by atoms with Gasteiger partial charge in [0.2, 0.25) is 0 Å². The van der Waals surface area contributed by atoms with Gasteiger partial charge in [0.15, 0.2) is 0 Å². The molecule has 0 amide bonds. The van der Waals surface area contributed by atoms with Crippen molar-refractivity contribution >= 4 is 28.3 Å². The van der Waals surface area contributed by atoms with Crippen molar-refractivity contribution in [3.8, 4) is 0 Å². The molecule has 12 heavy (non-hydrogen) atoms. The summed E-state index contributed by atoms with van der Waals surface area (Å²) in [5, 5.41) is 0. The van der Waals surface area contributed by atoms with Crippen molar-refractivity contribution in [2.45, 2.75) is 38.1 Å². The zero-order valence-electron chi connectivity index (χ0n) is 8.09. The van der Waals surface area contributed by atoms with E-state index < -0.39 is 0 Å². The third kappa shape index (κ3) is 4.33. The Hall–Kier alpha value is 0.260. The van der Waals surface area contributed by atoms with Crippen molar-refractivity contribution in [3.63, 3.8) is 0 Å². The molecule has 0 atom stereocenters. The van der Waals surface area contributed by atoms with E-state index in [4.69, 9.17) is 4.74 Å². The topological polar surface area (TPSA) is 26.3 Å². The Balaban J connectivity index is 3.88. The van der Waals surface area contributed by atoms with Gasteiger partial charge in [0, 0.05) is 0 Å². The molecule has 0 aromatic rings. The number of hydrogen-bond donors (Lipinski definition) is 0. The van der Waals surface area contributed by atoms with Gasteiger partial charge in [-0.15, -0.1) is 0 Å². The van der Waals surface area contributed by atoms with E-state index in [1.807, 2.05) is 13.8 Å². The van der Waals surface area contributed by atoms with Crippen molar-refractivity contribution < 1.29 is 9.53 Å². The summed E-state index contributed by atoms with van der Waals surface area (Å²) in [7, 11) is 0. The average molecular weight is 286 g/mol. The van der Waals surface area contributed by atoms with Crippen LogP contribution in [0.15, 0.2) is 0 Å². The molecule has 0 radical (unpaired) electrons. The second-order valence-corrected chi connectivity index (χ2v) is 4.77. The van der Waals surface area contributed by atoms with Gasteiger partial charge in [-0.25, -0.2) is 0 Å². The van der Waals surface area contributed by atoms with Gasteiger partial charge in [0.05, 0.1) is 0 Å². The number of hydrogen-bond acceptors (Lipinski definition) is 2. The second-order valence-electron chi connectivity index (χ2n) is 3.49. The van der Waals surface area contributed by atoms with E-state index in [0.717, 1.165) is 17.3 Å². The number of esters is 1. The molecule has 0 aliphatic rings. The summed E-state index contributed by atoms with van der Waals surface area (Å²) in [6.07, 6.45) is 1.93. The minimum absolute atomic E-state index is 0.0557. The monoisotopic (exact) mass is 288 g/mol. The standard InChI is InChI=1S/C9H18O2Te/c1-4-5-9(2,3)8(10)11-6-7-12/h12H,4-7H2,1-3H3. The van der Waals surface area contributed by atoms with E-state index in [1.54, 1.807) is 22.3 Å². The molecule has 3 heteroatoms. The summed E-state index contributed by atoms with van der Waals surface area (Å²) in [6, 6.07) is 0. The molecule has 0 unspecified atom stereocenters. The number of carbonyl (C=O) groups excluding carboxylic acids is 1. The van der Waals surface area contributed by atoms with Gasteiger partial charge in [-0.2, -0.15) is 0 Å². The fourth-order valence-electron chi connectivity index (χ4n) is 1.06. The van der Waals surface area contributed by atoms with Crippen molar-refractivity contribution in [2.24, 2.45) is 5.41 Å².